The molecule has 0 aliphatic heterocycles. The molecule has 0 fully saturated rings. The maximum Gasteiger partial charge on any atom is 0.358 e. The van der Waals surface area contributed by atoms with E-state index in [4.69, 9.17) is 5.11 Å². The van der Waals surface area contributed by atoms with E-state index in [1.54, 1.807) is 12.4 Å². The average molecular weight is 239 g/mol. The zero-order chi connectivity index (χ0) is 11.4. The maximum atomic E-state index is 10.5. The quantitative estimate of drug-likeness (QED) is 0.737. The summed E-state index contributed by atoms with van der Waals surface area (Å²) in [5, 5.41) is 16.7. The minimum absolute atomic E-state index is 0.0389. The van der Waals surface area contributed by atoms with E-state index < -0.39 is 5.97 Å². The third kappa shape index (κ3) is 2.60. The Morgan fingerprint density at radius 2 is 2.50 bits per heavy atom. The normalized spacial score (nSPS) is 10.5. The number of rotatable bonds is 5. The number of aryl methyl sites for hydroxylation is 1. The van der Waals surface area contributed by atoms with E-state index in [0.29, 0.717) is 6.54 Å². The van der Waals surface area contributed by atoms with Crippen LogP contribution in [0, 0.1) is 0 Å². The van der Waals surface area contributed by atoms with Gasteiger partial charge in [0.05, 0.1) is 12.7 Å². The van der Waals surface area contributed by atoms with Crippen LogP contribution < -0.4 is 0 Å². The summed E-state index contributed by atoms with van der Waals surface area (Å²) in [4.78, 5) is 17.5. The molecule has 0 bridgehead atoms. The highest BCUT2D eigenvalue weighted by atomic mass is 32.2. The summed E-state index contributed by atoms with van der Waals surface area (Å²) in [7, 11) is 0. The standard InChI is InChI=1S/C8H9N5O2S/c14-7(15)6-5-13(12-11-6)3-4-16-8-9-1-2-10-8/h1-2,5H,3-4H2,(H,9,10)(H,14,15). The lowest BCUT2D eigenvalue weighted by Gasteiger charge is -1.97. The smallest absolute Gasteiger partial charge is 0.358 e. The van der Waals surface area contributed by atoms with Crippen LogP contribution in [0.25, 0.3) is 0 Å². The van der Waals surface area contributed by atoms with Gasteiger partial charge in [-0.05, 0) is 0 Å². The second-order valence-electron chi connectivity index (χ2n) is 2.91. The van der Waals surface area contributed by atoms with E-state index >= 15 is 0 Å². The van der Waals surface area contributed by atoms with Gasteiger partial charge in [0.25, 0.3) is 0 Å². The summed E-state index contributed by atoms with van der Waals surface area (Å²) < 4.78 is 1.50. The molecule has 0 aromatic carbocycles. The van der Waals surface area contributed by atoms with Crippen molar-refractivity contribution >= 4 is 17.7 Å². The molecule has 0 saturated heterocycles. The highest BCUT2D eigenvalue weighted by Gasteiger charge is 2.07. The van der Waals surface area contributed by atoms with Crippen molar-refractivity contribution < 1.29 is 9.90 Å². The van der Waals surface area contributed by atoms with Gasteiger partial charge in [0.15, 0.2) is 10.9 Å². The van der Waals surface area contributed by atoms with E-state index in [-0.39, 0.29) is 5.69 Å². The highest BCUT2D eigenvalue weighted by molar-refractivity contribution is 7.99. The van der Waals surface area contributed by atoms with Crippen LogP contribution >= 0.6 is 11.8 Å². The molecule has 2 aromatic heterocycles. The first kappa shape index (κ1) is 10.7. The molecule has 16 heavy (non-hydrogen) atoms. The van der Waals surface area contributed by atoms with Gasteiger partial charge in [-0.2, -0.15) is 0 Å². The zero-order valence-electron chi connectivity index (χ0n) is 8.20. The van der Waals surface area contributed by atoms with Crippen molar-refractivity contribution in [2.24, 2.45) is 0 Å². The minimum Gasteiger partial charge on any atom is -0.476 e. The second kappa shape index (κ2) is 4.79. The Bertz CT molecular complexity index is 466. The number of aromatic amines is 1. The van der Waals surface area contributed by atoms with Crippen LogP contribution in [0.1, 0.15) is 10.5 Å². The van der Waals surface area contributed by atoms with E-state index in [9.17, 15) is 4.79 Å². The molecule has 2 N–H and O–H groups in total. The Morgan fingerprint density at radius 3 is 3.12 bits per heavy atom. The van der Waals surface area contributed by atoms with E-state index in [2.05, 4.69) is 20.3 Å². The van der Waals surface area contributed by atoms with Gasteiger partial charge in [0, 0.05) is 18.1 Å². The average Bonchev–Trinajstić information content (AvgIpc) is 2.87. The molecule has 7 nitrogen and oxygen atoms in total. The topological polar surface area (TPSA) is 96.7 Å². The number of nitrogens with one attached hydrogen (secondary N) is 1. The lowest BCUT2D eigenvalue weighted by molar-refractivity contribution is 0.0690. The summed E-state index contributed by atoms with van der Waals surface area (Å²) in [5.41, 5.74) is -0.0389. The summed E-state index contributed by atoms with van der Waals surface area (Å²) in [5.74, 6) is -0.319. The molecule has 2 aromatic rings. The highest BCUT2D eigenvalue weighted by Crippen LogP contribution is 2.11. The molecule has 8 heteroatoms. The molecular formula is C8H9N5O2S. The van der Waals surface area contributed by atoms with Gasteiger partial charge in [-0.1, -0.05) is 17.0 Å². The third-order valence-corrected chi connectivity index (χ3v) is 2.67. The molecule has 2 heterocycles. The molecule has 0 amide bonds. The number of nitrogens with zero attached hydrogens (tertiary/aromatic N) is 4. The van der Waals surface area contributed by atoms with Gasteiger partial charge in [-0.15, -0.1) is 5.10 Å². The van der Waals surface area contributed by atoms with Gasteiger partial charge in [-0.25, -0.2) is 9.78 Å². The molecule has 0 aliphatic rings. The molecule has 84 valence electrons. The van der Waals surface area contributed by atoms with Crippen molar-refractivity contribution in [1.82, 2.24) is 25.0 Å². The number of aromatic carboxylic acids is 1. The first-order chi connectivity index (χ1) is 7.75. The Kier molecular flexibility index (Phi) is 3.20. The summed E-state index contributed by atoms with van der Waals surface area (Å²) in [6.45, 7) is 0.589. The van der Waals surface area contributed by atoms with Crippen molar-refractivity contribution in [3.63, 3.8) is 0 Å². The number of carboxylic acids is 1. The molecule has 0 aliphatic carbocycles. The van der Waals surface area contributed by atoms with Gasteiger partial charge in [-0.3, -0.25) is 4.68 Å². The monoisotopic (exact) mass is 239 g/mol. The molecule has 0 saturated carbocycles. The van der Waals surface area contributed by atoms with Crippen LogP contribution in [-0.4, -0.2) is 41.8 Å². The number of hydrogen-bond acceptors (Lipinski definition) is 5. The van der Waals surface area contributed by atoms with Gasteiger partial charge >= 0.3 is 5.97 Å². The Morgan fingerprint density at radius 1 is 1.62 bits per heavy atom. The number of carbonyl (C=O) groups is 1. The van der Waals surface area contributed by atoms with Crippen molar-refractivity contribution in [3.8, 4) is 0 Å². The number of H-pyrrole nitrogens is 1. The van der Waals surface area contributed by atoms with Gasteiger partial charge in [0.2, 0.25) is 0 Å². The van der Waals surface area contributed by atoms with Gasteiger partial charge < -0.3 is 10.1 Å². The molecule has 0 radical (unpaired) electrons. The van der Waals surface area contributed by atoms with E-state index in [1.807, 2.05) is 0 Å². The number of thioether (sulfide) groups is 1. The van der Waals surface area contributed by atoms with Crippen molar-refractivity contribution in [1.29, 1.82) is 0 Å². The molecule has 0 atom stereocenters. The van der Waals surface area contributed by atoms with Crippen molar-refractivity contribution in [2.75, 3.05) is 5.75 Å². The molecule has 0 unspecified atom stereocenters. The fourth-order valence-corrected chi connectivity index (χ4v) is 1.83. The summed E-state index contributed by atoms with van der Waals surface area (Å²) >= 11 is 1.54. The van der Waals surface area contributed by atoms with Crippen LogP contribution in [0.2, 0.25) is 0 Å². The fourth-order valence-electron chi connectivity index (χ4n) is 1.07. The summed E-state index contributed by atoms with van der Waals surface area (Å²) in [6, 6.07) is 0. The first-order valence-electron chi connectivity index (χ1n) is 4.51. The maximum absolute atomic E-state index is 10.5. The molecule has 2 rings (SSSR count). The lowest BCUT2D eigenvalue weighted by Crippen LogP contribution is -2.01. The number of aromatic nitrogens is 5. The van der Waals surface area contributed by atoms with Crippen LogP contribution in [0.15, 0.2) is 23.7 Å². The molecular weight excluding hydrogens is 230 g/mol. The minimum atomic E-state index is -1.06. The lowest BCUT2D eigenvalue weighted by atomic mass is 10.5. The second-order valence-corrected chi connectivity index (χ2v) is 4.00. The van der Waals surface area contributed by atoms with Crippen LogP contribution in [0.4, 0.5) is 0 Å². The number of imidazole rings is 1. The number of carboxylic acid groups (broad SMARTS) is 1. The van der Waals surface area contributed by atoms with Crippen LogP contribution in [-0.2, 0) is 6.54 Å². The van der Waals surface area contributed by atoms with Crippen LogP contribution in [0.3, 0.4) is 0 Å². The van der Waals surface area contributed by atoms with Crippen molar-refractivity contribution in [3.05, 3.63) is 24.3 Å². The van der Waals surface area contributed by atoms with Crippen LogP contribution in [0.5, 0.6) is 0 Å². The number of hydrogen-bond donors (Lipinski definition) is 2. The fraction of sp³-hybridized carbons (Fsp3) is 0.250. The summed E-state index contributed by atoms with van der Waals surface area (Å²) in [6.07, 6.45) is 4.84. The van der Waals surface area contributed by atoms with Crippen molar-refractivity contribution in [2.45, 2.75) is 11.7 Å². The predicted octanol–water partition coefficient (Wildman–Crippen LogP) is 0.492. The molecule has 0 spiro atoms. The Hall–Kier alpha value is -1.83. The predicted molar refractivity (Wildman–Crippen MR) is 56.3 cm³/mol. The largest absolute Gasteiger partial charge is 0.476 e. The first-order valence-corrected chi connectivity index (χ1v) is 5.50. The van der Waals surface area contributed by atoms with E-state index in [0.717, 1.165) is 10.9 Å². The van der Waals surface area contributed by atoms with Gasteiger partial charge in [0.1, 0.15) is 0 Å². The van der Waals surface area contributed by atoms with E-state index in [1.165, 1.54) is 22.6 Å². The Labute approximate surface area is 94.9 Å². The Balaban J connectivity index is 1.83. The zero-order valence-corrected chi connectivity index (χ0v) is 9.02. The third-order valence-electron chi connectivity index (χ3n) is 1.79. The SMILES string of the molecule is O=C(O)c1cn(CCSc2ncc[nH]2)nn1.